The number of rotatable bonds is 4. The van der Waals surface area contributed by atoms with Crippen LogP contribution in [0, 0.1) is 13.8 Å². The van der Waals surface area contributed by atoms with Crippen LogP contribution in [-0.4, -0.2) is 9.97 Å². The molecule has 0 radical (unpaired) electrons. The van der Waals surface area contributed by atoms with Gasteiger partial charge >= 0.3 is 0 Å². The van der Waals surface area contributed by atoms with Crippen molar-refractivity contribution < 1.29 is 0 Å². The number of nitrogens with two attached hydrogens (primary N) is 1. The van der Waals surface area contributed by atoms with Gasteiger partial charge in [0.1, 0.15) is 0 Å². The molecule has 0 spiro atoms. The molecule has 0 saturated heterocycles. The van der Waals surface area contributed by atoms with E-state index in [-0.39, 0.29) is 6.04 Å². The van der Waals surface area contributed by atoms with Crippen LogP contribution in [0.25, 0.3) is 0 Å². The van der Waals surface area contributed by atoms with Crippen molar-refractivity contribution in [1.29, 1.82) is 0 Å². The smallest absolute Gasteiger partial charge is 0.0533 e. The predicted molar refractivity (Wildman–Crippen MR) is 71.7 cm³/mol. The average Bonchev–Trinajstić information content (AvgIpc) is 2.38. The zero-order chi connectivity index (χ0) is 13.0. The van der Waals surface area contributed by atoms with Crippen LogP contribution in [0.3, 0.4) is 0 Å². The van der Waals surface area contributed by atoms with E-state index in [1.54, 1.807) is 6.20 Å². The number of hydrogen-bond acceptors (Lipinski definition) is 4. The summed E-state index contributed by atoms with van der Waals surface area (Å²) in [6, 6.07) is 10.0. The molecule has 0 aliphatic heterocycles. The molecule has 2 rings (SSSR count). The van der Waals surface area contributed by atoms with Crippen LogP contribution < -0.4 is 11.3 Å². The zero-order valence-corrected chi connectivity index (χ0v) is 10.7. The van der Waals surface area contributed by atoms with E-state index >= 15 is 0 Å². The Hall–Kier alpha value is -1.78. The third-order valence-electron chi connectivity index (χ3n) is 2.98. The molecule has 2 aromatic heterocycles. The van der Waals surface area contributed by atoms with Crippen molar-refractivity contribution >= 4 is 0 Å². The second kappa shape index (κ2) is 5.71. The highest BCUT2D eigenvalue weighted by Gasteiger charge is 2.14. The second-order valence-corrected chi connectivity index (χ2v) is 4.37. The molecule has 4 nitrogen and oxygen atoms in total. The van der Waals surface area contributed by atoms with E-state index < -0.39 is 0 Å². The minimum atomic E-state index is 0.0352. The lowest BCUT2D eigenvalue weighted by atomic mass is 10.0. The van der Waals surface area contributed by atoms with Crippen LogP contribution in [0.4, 0.5) is 0 Å². The van der Waals surface area contributed by atoms with Gasteiger partial charge in [0, 0.05) is 29.7 Å². The van der Waals surface area contributed by atoms with E-state index in [1.807, 2.05) is 38.1 Å². The molecule has 2 aromatic rings. The first-order valence-electron chi connectivity index (χ1n) is 6.01. The summed E-state index contributed by atoms with van der Waals surface area (Å²) in [4.78, 5) is 8.79. The predicted octanol–water partition coefficient (Wildman–Crippen LogP) is 1.84. The first-order valence-corrected chi connectivity index (χ1v) is 6.01. The minimum absolute atomic E-state index is 0.0352. The standard InChI is InChI=1S/C14H18N4/c1-10-6-7-13(11(2)17-10)14(18-15)9-12-5-3-4-8-16-12/h3-8,14,18H,9,15H2,1-2H3. The lowest BCUT2D eigenvalue weighted by molar-refractivity contribution is 0.541. The monoisotopic (exact) mass is 242 g/mol. The average molecular weight is 242 g/mol. The maximum atomic E-state index is 5.65. The summed E-state index contributed by atoms with van der Waals surface area (Å²) in [5, 5.41) is 0. The van der Waals surface area contributed by atoms with Gasteiger partial charge in [-0.05, 0) is 37.6 Å². The van der Waals surface area contributed by atoms with Gasteiger partial charge in [0.05, 0.1) is 6.04 Å². The molecule has 2 heterocycles. The topological polar surface area (TPSA) is 63.8 Å². The van der Waals surface area contributed by atoms with Crippen LogP contribution in [0.15, 0.2) is 36.5 Å². The number of pyridine rings is 2. The second-order valence-electron chi connectivity index (χ2n) is 4.37. The van der Waals surface area contributed by atoms with Gasteiger partial charge in [-0.2, -0.15) is 0 Å². The molecule has 0 aliphatic carbocycles. The highest BCUT2D eigenvalue weighted by atomic mass is 15.2. The summed E-state index contributed by atoms with van der Waals surface area (Å²) in [6.45, 7) is 3.99. The van der Waals surface area contributed by atoms with Crippen LogP contribution in [0.1, 0.15) is 28.7 Å². The first kappa shape index (κ1) is 12.7. The van der Waals surface area contributed by atoms with E-state index in [0.717, 1.165) is 29.1 Å². The number of aromatic nitrogens is 2. The van der Waals surface area contributed by atoms with E-state index in [0.29, 0.717) is 0 Å². The van der Waals surface area contributed by atoms with Crippen LogP contribution in [-0.2, 0) is 6.42 Å². The number of hydrazine groups is 1. The van der Waals surface area contributed by atoms with Crippen molar-refractivity contribution in [3.63, 3.8) is 0 Å². The molecule has 0 bridgehead atoms. The van der Waals surface area contributed by atoms with E-state index in [1.165, 1.54) is 0 Å². The molecular formula is C14H18N4. The Morgan fingerprint density at radius 3 is 2.67 bits per heavy atom. The van der Waals surface area contributed by atoms with Gasteiger partial charge in [-0.25, -0.2) is 0 Å². The largest absolute Gasteiger partial charge is 0.271 e. The molecule has 0 saturated carbocycles. The summed E-state index contributed by atoms with van der Waals surface area (Å²) >= 11 is 0. The summed E-state index contributed by atoms with van der Waals surface area (Å²) < 4.78 is 0. The molecule has 3 N–H and O–H groups in total. The Kier molecular flexibility index (Phi) is 4.02. The Bertz CT molecular complexity index is 510. The third-order valence-corrected chi connectivity index (χ3v) is 2.98. The molecule has 0 amide bonds. The molecule has 1 unspecified atom stereocenters. The molecule has 0 aromatic carbocycles. The van der Waals surface area contributed by atoms with Crippen LogP contribution >= 0.6 is 0 Å². The van der Waals surface area contributed by atoms with Gasteiger partial charge in [0.2, 0.25) is 0 Å². The SMILES string of the molecule is Cc1ccc(C(Cc2ccccn2)NN)c(C)n1. The van der Waals surface area contributed by atoms with Gasteiger partial charge in [-0.3, -0.25) is 21.2 Å². The fraction of sp³-hybridized carbons (Fsp3) is 0.286. The van der Waals surface area contributed by atoms with Gasteiger partial charge in [0.15, 0.2) is 0 Å². The van der Waals surface area contributed by atoms with Crippen molar-refractivity contribution in [1.82, 2.24) is 15.4 Å². The Morgan fingerprint density at radius 1 is 1.22 bits per heavy atom. The fourth-order valence-electron chi connectivity index (χ4n) is 2.05. The quantitative estimate of drug-likeness (QED) is 0.634. The Morgan fingerprint density at radius 2 is 2.06 bits per heavy atom. The van der Waals surface area contributed by atoms with E-state index in [9.17, 15) is 0 Å². The van der Waals surface area contributed by atoms with Gasteiger partial charge in [0.25, 0.3) is 0 Å². The van der Waals surface area contributed by atoms with Gasteiger partial charge in [-0.1, -0.05) is 12.1 Å². The maximum Gasteiger partial charge on any atom is 0.0533 e. The van der Waals surface area contributed by atoms with Crippen LogP contribution in [0.5, 0.6) is 0 Å². The Labute approximate surface area is 107 Å². The highest BCUT2D eigenvalue weighted by Crippen LogP contribution is 2.19. The first-order chi connectivity index (χ1) is 8.70. The summed E-state index contributed by atoms with van der Waals surface area (Å²) in [5.74, 6) is 5.65. The summed E-state index contributed by atoms with van der Waals surface area (Å²) in [6.07, 6.45) is 2.55. The summed E-state index contributed by atoms with van der Waals surface area (Å²) in [5.41, 5.74) is 7.01. The molecular weight excluding hydrogens is 224 g/mol. The van der Waals surface area contributed by atoms with Crippen molar-refractivity contribution in [3.8, 4) is 0 Å². The number of aryl methyl sites for hydroxylation is 2. The lowest BCUT2D eigenvalue weighted by Gasteiger charge is -2.18. The molecule has 18 heavy (non-hydrogen) atoms. The molecule has 0 aliphatic rings. The number of hydrogen-bond donors (Lipinski definition) is 2. The molecule has 94 valence electrons. The van der Waals surface area contributed by atoms with E-state index in [2.05, 4.69) is 21.5 Å². The molecule has 4 heteroatoms. The fourth-order valence-corrected chi connectivity index (χ4v) is 2.05. The lowest BCUT2D eigenvalue weighted by Crippen LogP contribution is -2.30. The Balaban J connectivity index is 2.23. The number of nitrogens with zero attached hydrogens (tertiary/aromatic N) is 2. The molecule has 0 fully saturated rings. The molecule has 1 atom stereocenters. The number of nitrogens with one attached hydrogen (secondary N) is 1. The maximum absolute atomic E-state index is 5.65. The minimum Gasteiger partial charge on any atom is -0.271 e. The van der Waals surface area contributed by atoms with Crippen molar-refractivity contribution in [2.45, 2.75) is 26.3 Å². The van der Waals surface area contributed by atoms with Crippen molar-refractivity contribution in [2.75, 3.05) is 0 Å². The van der Waals surface area contributed by atoms with Crippen LogP contribution in [0.2, 0.25) is 0 Å². The zero-order valence-electron chi connectivity index (χ0n) is 10.7. The van der Waals surface area contributed by atoms with Gasteiger partial charge < -0.3 is 0 Å². The normalized spacial score (nSPS) is 12.4. The van der Waals surface area contributed by atoms with Gasteiger partial charge in [-0.15, -0.1) is 0 Å². The van der Waals surface area contributed by atoms with E-state index in [4.69, 9.17) is 5.84 Å². The van der Waals surface area contributed by atoms with Crippen molar-refractivity contribution in [2.24, 2.45) is 5.84 Å². The third kappa shape index (κ3) is 2.91. The summed E-state index contributed by atoms with van der Waals surface area (Å²) in [7, 11) is 0. The van der Waals surface area contributed by atoms with Crippen molar-refractivity contribution in [3.05, 3.63) is 59.2 Å². The highest BCUT2D eigenvalue weighted by molar-refractivity contribution is 5.26.